The van der Waals surface area contributed by atoms with E-state index in [2.05, 4.69) is 10.6 Å². The van der Waals surface area contributed by atoms with E-state index in [4.69, 9.17) is 16.3 Å². The smallest absolute Gasteiger partial charge is 0.257 e. The number of ether oxygens (including phenoxy) is 1. The van der Waals surface area contributed by atoms with Gasteiger partial charge in [0, 0.05) is 23.0 Å². The SMILES string of the molecule is COc1cccc(NC(=O)c2cccc(NC(=O)c3ccccc3Cl)c2)c1. The molecule has 0 heterocycles. The summed E-state index contributed by atoms with van der Waals surface area (Å²) in [6, 6.07) is 20.5. The summed E-state index contributed by atoms with van der Waals surface area (Å²) >= 11 is 6.05. The molecule has 0 radical (unpaired) electrons. The van der Waals surface area contributed by atoms with Crippen molar-refractivity contribution < 1.29 is 14.3 Å². The Morgan fingerprint density at radius 1 is 0.815 bits per heavy atom. The van der Waals surface area contributed by atoms with Crippen molar-refractivity contribution in [2.75, 3.05) is 17.7 Å². The van der Waals surface area contributed by atoms with Crippen LogP contribution in [0.4, 0.5) is 11.4 Å². The van der Waals surface area contributed by atoms with E-state index in [1.54, 1.807) is 79.9 Å². The highest BCUT2D eigenvalue weighted by Gasteiger charge is 2.12. The number of benzene rings is 3. The highest BCUT2D eigenvalue weighted by molar-refractivity contribution is 6.34. The van der Waals surface area contributed by atoms with Crippen LogP contribution in [0.3, 0.4) is 0 Å². The fourth-order valence-corrected chi connectivity index (χ4v) is 2.71. The van der Waals surface area contributed by atoms with Gasteiger partial charge in [-0.1, -0.05) is 35.9 Å². The molecule has 0 saturated carbocycles. The van der Waals surface area contributed by atoms with E-state index in [0.717, 1.165) is 0 Å². The summed E-state index contributed by atoms with van der Waals surface area (Å²) in [5.74, 6) is 0.0107. The van der Waals surface area contributed by atoms with Crippen molar-refractivity contribution in [3.63, 3.8) is 0 Å². The van der Waals surface area contributed by atoms with E-state index < -0.39 is 0 Å². The minimum absolute atomic E-state index is 0.294. The Morgan fingerprint density at radius 2 is 1.48 bits per heavy atom. The fraction of sp³-hybridized carbons (Fsp3) is 0.0476. The van der Waals surface area contributed by atoms with Crippen molar-refractivity contribution in [3.8, 4) is 5.75 Å². The van der Waals surface area contributed by atoms with Crippen molar-refractivity contribution in [2.45, 2.75) is 0 Å². The Balaban J connectivity index is 1.74. The molecule has 2 amide bonds. The van der Waals surface area contributed by atoms with Crippen molar-refractivity contribution >= 4 is 34.8 Å². The summed E-state index contributed by atoms with van der Waals surface area (Å²) < 4.78 is 5.15. The third kappa shape index (κ3) is 4.65. The van der Waals surface area contributed by atoms with Gasteiger partial charge in [-0.15, -0.1) is 0 Å². The molecule has 3 rings (SSSR count). The Morgan fingerprint density at radius 3 is 2.22 bits per heavy atom. The lowest BCUT2D eigenvalue weighted by atomic mass is 10.1. The second kappa shape index (κ2) is 8.38. The predicted molar refractivity (Wildman–Crippen MR) is 107 cm³/mol. The molecule has 0 aliphatic carbocycles. The average Bonchev–Trinajstić information content (AvgIpc) is 2.68. The maximum absolute atomic E-state index is 12.5. The maximum atomic E-state index is 12.5. The average molecular weight is 381 g/mol. The number of methoxy groups -OCH3 is 1. The second-order valence-electron chi connectivity index (χ2n) is 5.70. The van der Waals surface area contributed by atoms with Crippen LogP contribution in [0.1, 0.15) is 20.7 Å². The molecule has 5 nitrogen and oxygen atoms in total. The Kier molecular flexibility index (Phi) is 5.74. The van der Waals surface area contributed by atoms with Gasteiger partial charge in [-0.3, -0.25) is 9.59 Å². The Hall–Kier alpha value is -3.31. The van der Waals surface area contributed by atoms with Gasteiger partial charge in [0.15, 0.2) is 0 Å². The molecule has 0 aliphatic heterocycles. The monoisotopic (exact) mass is 380 g/mol. The molecule has 0 aliphatic rings. The molecule has 136 valence electrons. The van der Waals surface area contributed by atoms with E-state index in [0.29, 0.717) is 33.3 Å². The van der Waals surface area contributed by atoms with Gasteiger partial charge in [0.1, 0.15) is 5.75 Å². The molecule has 0 spiro atoms. The first-order valence-electron chi connectivity index (χ1n) is 8.18. The number of hydrogen-bond donors (Lipinski definition) is 2. The lowest BCUT2D eigenvalue weighted by molar-refractivity contribution is 0.101. The number of halogens is 1. The zero-order valence-electron chi connectivity index (χ0n) is 14.5. The van der Waals surface area contributed by atoms with E-state index in [1.165, 1.54) is 0 Å². The van der Waals surface area contributed by atoms with Crippen molar-refractivity contribution in [1.29, 1.82) is 0 Å². The minimum Gasteiger partial charge on any atom is -0.497 e. The van der Waals surface area contributed by atoms with Crippen LogP contribution >= 0.6 is 11.6 Å². The first-order chi connectivity index (χ1) is 13.1. The molecule has 6 heteroatoms. The van der Waals surface area contributed by atoms with Crippen molar-refractivity contribution in [3.05, 3.63) is 88.9 Å². The largest absolute Gasteiger partial charge is 0.497 e. The summed E-state index contributed by atoms with van der Waals surface area (Å²) in [5.41, 5.74) is 1.89. The molecule has 0 aromatic heterocycles. The standard InChI is InChI=1S/C21H17ClN2O3/c1-27-17-9-5-8-16(13-17)23-20(25)14-6-4-7-15(12-14)24-21(26)18-10-2-3-11-19(18)22/h2-13H,1H3,(H,23,25)(H,24,26). The molecule has 2 N–H and O–H groups in total. The first-order valence-corrected chi connectivity index (χ1v) is 8.56. The molecule has 27 heavy (non-hydrogen) atoms. The van der Waals surface area contributed by atoms with Crippen LogP contribution in [0, 0.1) is 0 Å². The van der Waals surface area contributed by atoms with Gasteiger partial charge < -0.3 is 15.4 Å². The van der Waals surface area contributed by atoms with Crippen LogP contribution < -0.4 is 15.4 Å². The number of hydrogen-bond acceptors (Lipinski definition) is 3. The molecule has 0 bridgehead atoms. The third-order valence-electron chi connectivity index (χ3n) is 3.83. The molecular formula is C21H17ClN2O3. The predicted octanol–water partition coefficient (Wildman–Crippen LogP) is 4.85. The van der Waals surface area contributed by atoms with Crippen LogP contribution in [0.25, 0.3) is 0 Å². The highest BCUT2D eigenvalue weighted by Crippen LogP contribution is 2.20. The second-order valence-corrected chi connectivity index (χ2v) is 6.11. The van der Waals surface area contributed by atoms with E-state index >= 15 is 0 Å². The van der Waals surface area contributed by atoms with Gasteiger partial charge in [0.05, 0.1) is 17.7 Å². The van der Waals surface area contributed by atoms with Gasteiger partial charge in [0.25, 0.3) is 11.8 Å². The maximum Gasteiger partial charge on any atom is 0.257 e. The molecule has 0 atom stereocenters. The summed E-state index contributed by atoms with van der Waals surface area (Å²) in [5, 5.41) is 5.92. The highest BCUT2D eigenvalue weighted by atomic mass is 35.5. The van der Waals surface area contributed by atoms with Crippen LogP contribution in [-0.2, 0) is 0 Å². The third-order valence-corrected chi connectivity index (χ3v) is 4.16. The lowest BCUT2D eigenvalue weighted by Crippen LogP contribution is -2.15. The van der Waals surface area contributed by atoms with E-state index in [1.807, 2.05) is 0 Å². The summed E-state index contributed by atoms with van der Waals surface area (Å²) in [7, 11) is 1.56. The summed E-state index contributed by atoms with van der Waals surface area (Å²) in [6.45, 7) is 0. The normalized spacial score (nSPS) is 10.1. The zero-order valence-corrected chi connectivity index (χ0v) is 15.3. The Bertz CT molecular complexity index is 988. The summed E-state index contributed by atoms with van der Waals surface area (Å²) in [4.78, 5) is 24.9. The van der Waals surface area contributed by atoms with Gasteiger partial charge in [-0.2, -0.15) is 0 Å². The van der Waals surface area contributed by atoms with E-state index in [-0.39, 0.29) is 11.8 Å². The quantitative estimate of drug-likeness (QED) is 0.664. The molecule has 0 fully saturated rings. The summed E-state index contributed by atoms with van der Waals surface area (Å²) in [6.07, 6.45) is 0. The van der Waals surface area contributed by atoms with Crippen LogP contribution in [-0.4, -0.2) is 18.9 Å². The number of carbonyl (C=O) groups excluding carboxylic acids is 2. The number of amides is 2. The van der Waals surface area contributed by atoms with Crippen LogP contribution in [0.15, 0.2) is 72.8 Å². The van der Waals surface area contributed by atoms with Gasteiger partial charge in [0.2, 0.25) is 0 Å². The molecular weight excluding hydrogens is 364 g/mol. The number of carbonyl (C=O) groups is 2. The lowest BCUT2D eigenvalue weighted by Gasteiger charge is -2.10. The van der Waals surface area contributed by atoms with Crippen LogP contribution in [0.5, 0.6) is 5.75 Å². The van der Waals surface area contributed by atoms with Crippen LogP contribution in [0.2, 0.25) is 5.02 Å². The topological polar surface area (TPSA) is 67.4 Å². The molecule has 0 unspecified atom stereocenters. The van der Waals surface area contributed by atoms with Gasteiger partial charge in [-0.05, 0) is 42.5 Å². The van der Waals surface area contributed by atoms with Crippen molar-refractivity contribution in [2.24, 2.45) is 0 Å². The first kappa shape index (κ1) is 18.5. The van der Waals surface area contributed by atoms with Gasteiger partial charge in [-0.25, -0.2) is 0 Å². The number of anilines is 2. The number of nitrogens with one attached hydrogen (secondary N) is 2. The van der Waals surface area contributed by atoms with Gasteiger partial charge >= 0.3 is 0 Å². The molecule has 3 aromatic rings. The fourth-order valence-electron chi connectivity index (χ4n) is 2.49. The van der Waals surface area contributed by atoms with E-state index in [9.17, 15) is 9.59 Å². The molecule has 3 aromatic carbocycles. The van der Waals surface area contributed by atoms with Crippen molar-refractivity contribution in [1.82, 2.24) is 0 Å². The zero-order chi connectivity index (χ0) is 19.2. The minimum atomic E-state index is -0.342. The number of rotatable bonds is 5. The molecule has 0 saturated heterocycles. The Labute approximate surface area is 161 Å².